The number of primary amides is 1. The zero-order valence-corrected chi connectivity index (χ0v) is 20.8. The van der Waals surface area contributed by atoms with E-state index in [1.54, 1.807) is 17.5 Å². The van der Waals surface area contributed by atoms with Crippen LogP contribution in [0.2, 0.25) is 5.02 Å². The van der Waals surface area contributed by atoms with Gasteiger partial charge in [0.15, 0.2) is 11.6 Å². The van der Waals surface area contributed by atoms with Crippen molar-refractivity contribution < 1.29 is 22.7 Å². The van der Waals surface area contributed by atoms with Crippen LogP contribution < -0.4 is 26.0 Å². The monoisotopic (exact) mass is 541 g/mol. The number of nitrogens with zero attached hydrogens (tertiary/aromatic N) is 4. The number of amides is 1. The molecule has 0 bridgehead atoms. The smallest absolute Gasteiger partial charge is 0.403 e. The molecule has 9 nitrogen and oxygen atoms in total. The topological polar surface area (TPSA) is 109 Å². The summed E-state index contributed by atoms with van der Waals surface area (Å²) in [6.07, 6.45) is -3.62. The predicted molar refractivity (Wildman–Crippen MR) is 134 cm³/mol. The standard InChI is InChI=1S/C22H23ClF3N7O2S/c1-12-11-33(7-6-32(12)2)13-3-4-15(17(9-13)35-22(24,25)26)30-21-28-10-14(23)20(31-21)29-16-5-8-36-18(16)19(27)34/h3-5,8-10,12H,6-7,11H2,1-2H3,(H2,27,34)(H2,28,29,30,31)/t12-/m0/s1. The number of hydrogen-bond donors (Lipinski definition) is 3. The number of aromatic nitrogens is 2. The number of anilines is 5. The van der Waals surface area contributed by atoms with E-state index >= 15 is 0 Å². The van der Waals surface area contributed by atoms with Gasteiger partial charge in [-0.2, -0.15) is 4.98 Å². The molecule has 4 N–H and O–H groups in total. The summed E-state index contributed by atoms with van der Waals surface area (Å²) in [6, 6.07) is 6.41. The van der Waals surface area contributed by atoms with Gasteiger partial charge in [0.2, 0.25) is 5.95 Å². The molecule has 1 aliphatic heterocycles. The number of ether oxygens (including phenoxy) is 1. The molecule has 0 spiro atoms. The summed E-state index contributed by atoms with van der Waals surface area (Å²) in [4.78, 5) is 24.4. The number of halogens is 4. The average molecular weight is 542 g/mol. The van der Waals surface area contributed by atoms with Crippen molar-refractivity contribution in [1.29, 1.82) is 0 Å². The van der Waals surface area contributed by atoms with E-state index in [4.69, 9.17) is 17.3 Å². The van der Waals surface area contributed by atoms with Gasteiger partial charge in [-0.3, -0.25) is 4.79 Å². The van der Waals surface area contributed by atoms with Crippen molar-refractivity contribution in [3.8, 4) is 5.75 Å². The van der Waals surface area contributed by atoms with Gasteiger partial charge in [0.25, 0.3) is 5.91 Å². The first-order valence-electron chi connectivity index (χ1n) is 10.8. The fourth-order valence-electron chi connectivity index (χ4n) is 3.66. The van der Waals surface area contributed by atoms with E-state index < -0.39 is 18.0 Å². The second kappa shape index (κ2) is 10.4. The van der Waals surface area contributed by atoms with Crippen molar-refractivity contribution in [2.45, 2.75) is 19.3 Å². The number of likely N-dealkylation sites (N-methyl/N-ethyl adjacent to an activating group) is 1. The molecule has 1 amide bonds. The second-order valence-electron chi connectivity index (χ2n) is 8.17. The highest BCUT2D eigenvalue weighted by atomic mass is 35.5. The van der Waals surface area contributed by atoms with Gasteiger partial charge in [-0.05, 0) is 37.6 Å². The minimum absolute atomic E-state index is 0.0138. The third-order valence-corrected chi connectivity index (χ3v) is 6.85. The van der Waals surface area contributed by atoms with Crippen molar-refractivity contribution in [2.75, 3.05) is 42.2 Å². The summed E-state index contributed by atoms with van der Waals surface area (Å²) in [5.41, 5.74) is 6.39. The van der Waals surface area contributed by atoms with Crippen LogP contribution in [0.3, 0.4) is 0 Å². The van der Waals surface area contributed by atoms with Crippen LogP contribution in [0.4, 0.5) is 42.0 Å². The molecule has 1 aliphatic rings. The minimum Gasteiger partial charge on any atom is -0.403 e. The van der Waals surface area contributed by atoms with E-state index in [0.717, 1.165) is 17.9 Å². The lowest BCUT2D eigenvalue weighted by Crippen LogP contribution is -2.50. The highest BCUT2D eigenvalue weighted by Crippen LogP contribution is 2.36. The molecule has 1 aromatic carbocycles. The first-order chi connectivity index (χ1) is 17.0. The van der Waals surface area contributed by atoms with E-state index in [2.05, 4.69) is 37.2 Å². The molecule has 192 valence electrons. The van der Waals surface area contributed by atoms with Gasteiger partial charge < -0.3 is 30.9 Å². The highest BCUT2D eigenvalue weighted by Gasteiger charge is 2.33. The maximum absolute atomic E-state index is 13.2. The number of hydrogen-bond acceptors (Lipinski definition) is 9. The molecule has 4 rings (SSSR count). The fourth-order valence-corrected chi connectivity index (χ4v) is 4.51. The Balaban J connectivity index is 1.61. The third-order valence-electron chi connectivity index (χ3n) is 5.65. The molecule has 1 fully saturated rings. The predicted octanol–water partition coefficient (Wildman–Crippen LogP) is 4.82. The van der Waals surface area contributed by atoms with Gasteiger partial charge >= 0.3 is 6.36 Å². The van der Waals surface area contributed by atoms with E-state index in [0.29, 0.717) is 24.5 Å². The van der Waals surface area contributed by atoms with E-state index in [1.165, 1.54) is 18.3 Å². The van der Waals surface area contributed by atoms with Crippen LogP contribution in [-0.2, 0) is 0 Å². The lowest BCUT2D eigenvalue weighted by atomic mass is 10.1. The molecule has 2 aromatic heterocycles. The summed E-state index contributed by atoms with van der Waals surface area (Å²) in [6.45, 7) is 4.18. The van der Waals surface area contributed by atoms with Gasteiger partial charge in [0.05, 0.1) is 17.6 Å². The number of carbonyl (C=O) groups is 1. The Bertz CT molecular complexity index is 1260. The lowest BCUT2D eigenvalue weighted by Gasteiger charge is -2.39. The van der Waals surface area contributed by atoms with E-state index in [-0.39, 0.29) is 33.4 Å². The molecule has 1 atom stereocenters. The molecule has 0 unspecified atom stereocenters. The van der Waals surface area contributed by atoms with Gasteiger partial charge in [-0.1, -0.05) is 11.6 Å². The number of piperazine rings is 1. The Morgan fingerprint density at radius 2 is 2.03 bits per heavy atom. The molecule has 3 heterocycles. The summed E-state index contributed by atoms with van der Waals surface area (Å²) >= 11 is 7.33. The van der Waals surface area contributed by atoms with Crippen LogP contribution in [0, 0.1) is 0 Å². The minimum atomic E-state index is -4.90. The quantitative estimate of drug-likeness (QED) is 0.391. The maximum Gasteiger partial charge on any atom is 0.573 e. The Morgan fingerprint density at radius 1 is 1.25 bits per heavy atom. The van der Waals surface area contributed by atoms with Crippen LogP contribution in [0.5, 0.6) is 5.75 Å². The number of benzene rings is 1. The van der Waals surface area contributed by atoms with Crippen molar-refractivity contribution in [3.05, 3.63) is 45.7 Å². The van der Waals surface area contributed by atoms with Gasteiger partial charge in [0.1, 0.15) is 9.90 Å². The van der Waals surface area contributed by atoms with Gasteiger partial charge in [-0.25, -0.2) is 4.98 Å². The molecule has 0 radical (unpaired) electrons. The molecule has 0 saturated carbocycles. The van der Waals surface area contributed by atoms with Crippen molar-refractivity contribution in [3.63, 3.8) is 0 Å². The molecule has 36 heavy (non-hydrogen) atoms. The van der Waals surface area contributed by atoms with Gasteiger partial charge in [0, 0.05) is 37.4 Å². The second-order valence-corrected chi connectivity index (χ2v) is 9.50. The molecular weight excluding hydrogens is 519 g/mol. The summed E-state index contributed by atoms with van der Waals surface area (Å²) in [5.74, 6) is -0.949. The Morgan fingerprint density at radius 3 is 2.72 bits per heavy atom. The highest BCUT2D eigenvalue weighted by molar-refractivity contribution is 7.12. The summed E-state index contributed by atoms with van der Waals surface area (Å²) in [5, 5.41) is 7.47. The Labute approximate surface area is 214 Å². The van der Waals surface area contributed by atoms with Crippen LogP contribution in [0.1, 0.15) is 16.6 Å². The maximum atomic E-state index is 13.2. The summed E-state index contributed by atoms with van der Waals surface area (Å²) in [7, 11) is 2.01. The molecule has 14 heteroatoms. The number of rotatable bonds is 7. The molecule has 1 saturated heterocycles. The molecular formula is C22H23ClF3N7O2S. The third kappa shape index (κ3) is 6.09. The normalized spacial score (nSPS) is 16.6. The zero-order valence-electron chi connectivity index (χ0n) is 19.3. The molecule has 3 aromatic rings. The van der Waals surface area contributed by atoms with Crippen LogP contribution in [0.25, 0.3) is 0 Å². The van der Waals surface area contributed by atoms with E-state index in [1.807, 2.05) is 11.9 Å². The number of thiophene rings is 1. The van der Waals surface area contributed by atoms with Crippen molar-refractivity contribution in [1.82, 2.24) is 14.9 Å². The van der Waals surface area contributed by atoms with Crippen LogP contribution in [0.15, 0.2) is 35.8 Å². The van der Waals surface area contributed by atoms with Crippen LogP contribution >= 0.6 is 22.9 Å². The largest absolute Gasteiger partial charge is 0.573 e. The fraction of sp³-hybridized carbons (Fsp3) is 0.318. The van der Waals surface area contributed by atoms with Crippen LogP contribution in [-0.4, -0.2) is 59.9 Å². The lowest BCUT2D eigenvalue weighted by molar-refractivity contribution is -0.274. The molecule has 0 aliphatic carbocycles. The van der Waals surface area contributed by atoms with Crippen molar-refractivity contribution in [2.24, 2.45) is 5.73 Å². The zero-order chi connectivity index (χ0) is 26.0. The Hall–Kier alpha value is -3.29. The number of alkyl halides is 3. The average Bonchev–Trinajstić information content (AvgIpc) is 3.26. The van der Waals surface area contributed by atoms with Crippen molar-refractivity contribution >= 4 is 57.7 Å². The SMILES string of the molecule is C[C@H]1CN(c2ccc(Nc3ncc(Cl)c(Nc4ccsc4C(N)=O)n3)c(OC(F)(F)F)c2)CCN1C. The summed E-state index contributed by atoms with van der Waals surface area (Å²) < 4.78 is 44.0. The number of carbonyl (C=O) groups excluding carboxylic acids is 1. The first kappa shape index (κ1) is 25.8. The van der Waals surface area contributed by atoms with E-state index in [9.17, 15) is 18.0 Å². The first-order valence-corrected chi connectivity index (χ1v) is 12.0. The number of nitrogens with two attached hydrogens (primary N) is 1. The van der Waals surface area contributed by atoms with Gasteiger partial charge in [-0.15, -0.1) is 24.5 Å². The Kier molecular flexibility index (Phi) is 7.43. The number of nitrogens with one attached hydrogen (secondary N) is 2.